The van der Waals surface area contributed by atoms with E-state index in [-0.39, 0.29) is 22.0 Å². The molecule has 4 rings (SSSR count). The van der Waals surface area contributed by atoms with E-state index in [1.165, 1.54) is 12.7 Å². The van der Waals surface area contributed by atoms with Crippen molar-refractivity contribution >= 4 is 22.8 Å². The van der Waals surface area contributed by atoms with E-state index < -0.39 is 0 Å². The van der Waals surface area contributed by atoms with Gasteiger partial charge in [0.15, 0.2) is 0 Å². The SMILES string of the molecule is CC.COC(=O)C12CCC(C(=O)Cl)(CC1)CC2.Cc1ccccc1. The lowest BCUT2D eigenvalue weighted by atomic mass is 9.54. The van der Waals surface area contributed by atoms with E-state index in [0.29, 0.717) is 0 Å². The van der Waals surface area contributed by atoms with Crippen LogP contribution < -0.4 is 0 Å². The first-order valence-corrected chi connectivity index (χ1v) is 9.12. The van der Waals surface area contributed by atoms with Crippen molar-refractivity contribution in [3.63, 3.8) is 0 Å². The van der Waals surface area contributed by atoms with E-state index in [1.54, 1.807) is 0 Å². The molecule has 3 nitrogen and oxygen atoms in total. The van der Waals surface area contributed by atoms with E-state index in [0.717, 1.165) is 38.5 Å². The summed E-state index contributed by atoms with van der Waals surface area (Å²) >= 11 is 5.64. The van der Waals surface area contributed by atoms with Crippen LogP contribution in [0.15, 0.2) is 30.3 Å². The summed E-state index contributed by atoms with van der Waals surface area (Å²) in [7, 11) is 1.43. The summed E-state index contributed by atoms with van der Waals surface area (Å²) in [5, 5.41) is -0.222. The maximum Gasteiger partial charge on any atom is 0.311 e. The molecular formula is C20H29ClO3. The summed E-state index contributed by atoms with van der Waals surface area (Å²) in [5.41, 5.74) is 0.669. The van der Waals surface area contributed by atoms with Crippen LogP contribution in [-0.2, 0) is 14.3 Å². The first-order valence-electron chi connectivity index (χ1n) is 8.74. The second-order valence-corrected chi connectivity index (χ2v) is 6.82. The van der Waals surface area contributed by atoms with Crippen LogP contribution in [0.5, 0.6) is 0 Å². The maximum absolute atomic E-state index is 11.7. The first kappa shape index (κ1) is 20.7. The molecule has 0 atom stereocenters. The number of hydrogen-bond donors (Lipinski definition) is 0. The third-order valence-electron chi connectivity index (χ3n) is 5.22. The Balaban J connectivity index is 0.000000268. The lowest BCUT2D eigenvalue weighted by Crippen LogP contribution is -2.48. The molecule has 0 aromatic heterocycles. The zero-order valence-corrected chi connectivity index (χ0v) is 16.0. The van der Waals surface area contributed by atoms with E-state index in [9.17, 15) is 9.59 Å². The Hall–Kier alpha value is -1.35. The number of methoxy groups -OCH3 is 1. The Kier molecular flexibility index (Phi) is 7.95. The third-order valence-corrected chi connectivity index (χ3v) is 5.62. The summed E-state index contributed by atoms with van der Waals surface area (Å²) in [6.07, 6.45) is 4.47. The topological polar surface area (TPSA) is 43.4 Å². The van der Waals surface area contributed by atoms with Crippen LogP contribution in [0, 0.1) is 17.8 Å². The second-order valence-electron chi connectivity index (χ2n) is 6.48. The van der Waals surface area contributed by atoms with E-state index in [2.05, 4.69) is 19.1 Å². The molecule has 0 radical (unpaired) electrons. The van der Waals surface area contributed by atoms with Gasteiger partial charge in [0.1, 0.15) is 0 Å². The van der Waals surface area contributed by atoms with Crippen LogP contribution in [0.2, 0.25) is 0 Å². The summed E-state index contributed by atoms with van der Waals surface area (Å²) in [4.78, 5) is 23.0. The lowest BCUT2D eigenvalue weighted by molar-refractivity contribution is -0.164. The van der Waals surface area contributed by atoms with Crippen molar-refractivity contribution in [1.29, 1.82) is 0 Å². The predicted octanol–water partition coefficient (Wildman–Crippen LogP) is 5.29. The number of ether oxygens (including phenoxy) is 1. The zero-order chi connectivity index (χ0) is 18.2. The molecule has 24 heavy (non-hydrogen) atoms. The van der Waals surface area contributed by atoms with Gasteiger partial charge in [-0.05, 0) is 57.0 Å². The second kappa shape index (κ2) is 9.22. The molecule has 0 aliphatic heterocycles. The summed E-state index contributed by atoms with van der Waals surface area (Å²) < 4.78 is 4.85. The largest absolute Gasteiger partial charge is 0.469 e. The Bertz CT molecular complexity index is 515. The van der Waals surface area contributed by atoms with Crippen molar-refractivity contribution in [2.75, 3.05) is 7.11 Å². The number of aryl methyl sites for hydroxylation is 1. The van der Waals surface area contributed by atoms with Gasteiger partial charge in [0.25, 0.3) is 0 Å². The standard InChI is InChI=1S/C11H15ClO3.C7H8.C2H6/c1-15-9(14)11-5-2-10(3-6-11,4-7-11)8(12)13;1-7-5-3-2-4-6-7;1-2/h2-7H2,1H3;2-6H,1H3;1-2H3. The van der Waals surface area contributed by atoms with Crippen LogP contribution in [-0.4, -0.2) is 18.3 Å². The van der Waals surface area contributed by atoms with Crippen LogP contribution in [0.4, 0.5) is 0 Å². The molecule has 0 heterocycles. The van der Waals surface area contributed by atoms with Crippen LogP contribution in [0.25, 0.3) is 0 Å². The molecule has 0 N–H and O–H groups in total. The highest BCUT2D eigenvalue weighted by Gasteiger charge is 2.55. The van der Waals surface area contributed by atoms with Crippen LogP contribution >= 0.6 is 11.6 Å². The number of esters is 1. The van der Waals surface area contributed by atoms with Crippen LogP contribution in [0.3, 0.4) is 0 Å². The molecule has 4 heteroatoms. The van der Waals surface area contributed by atoms with Crippen molar-refractivity contribution < 1.29 is 14.3 Å². The summed E-state index contributed by atoms with van der Waals surface area (Å²) in [6, 6.07) is 10.3. The number of fused-ring (bicyclic) bond motifs is 3. The normalized spacial score (nSPS) is 27.0. The number of benzene rings is 1. The fraction of sp³-hybridized carbons (Fsp3) is 0.600. The molecule has 3 aliphatic carbocycles. The molecule has 0 unspecified atom stereocenters. The van der Waals surface area contributed by atoms with Gasteiger partial charge >= 0.3 is 5.97 Å². The van der Waals surface area contributed by atoms with E-state index in [1.807, 2.05) is 32.0 Å². The highest BCUT2D eigenvalue weighted by atomic mass is 35.5. The molecule has 0 spiro atoms. The monoisotopic (exact) mass is 352 g/mol. The minimum Gasteiger partial charge on any atom is -0.469 e. The molecule has 134 valence electrons. The van der Waals surface area contributed by atoms with Gasteiger partial charge in [-0.25, -0.2) is 0 Å². The maximum atomic E-state index is 11.7. The third kappa shape index (κ3) is 4.60. The van der Waals surface area contributed by atoms with Gasteiger partial charge in [0.2, 0.25) is 5.24 Å². The quantitative estimate of drug-likeness (QED) is 0.536. The van der Waals surface area contributed by atoms with Crippen molar-refractivity contribution in [3.8, 4) is 0 Å². The number of rotatable bonds is 2. The average molecular weight is 353 g/mol. The van der Waals surface area contributed by atoms with Gasteiger partial charge in [-0.1, -0.05) is 49.7 Å². The van der Waals surface area contributed by atoms with Gasteiger partial charge in [-0.15, -0.1) is 0 Å². The smallest absolute Gasteiger partial charge is 0.311 e. The number of halogens is 1. The number of carbonyl (C=O) groups is 2. The minimum absolute atomic E-state index is 0.113. The fourth-order valence-corrected chi connectivity index (χ4v) is 3.82. The Morgan fingerprint density at radius 2 is 1.33 bits per heavy atom. The first-order chi connectivity index (χ1) is 11.4. The molecule has 3 aliphatic rings. The minimum atomic E-state index is -0.336. The Morgan fingerprint density at radius 1 is 0.917 bits per heavy atom. The van der Waals surface area contributed by atoms with E-state index in [4.69, 9.17) is 16.3 Å². The van der Waals surface area contributed by atoms with Gasteiger partial charge in [0.05, 0.1) is 12.5 Å². The summed E-state index contributed by atoms with van der Waals surface area (Å²) in [6.45, 7) is 6.08. The van der Waals surface area contributed by atoms with Gasteiger partial charge in [-0.3, -0.25) is 9.59 Å². The Labute approximate surface area is 150 Å². The number of hydrogen-bond acceptors (Lipinski definition) is 3. The molecule has 0 amide bonds. The molecule has 3 saturated carbocycles. The molecule has 1 aromatic rings. The molecule has 2 bridgehead atoms. The number of carbonyl (C=O) groups excluding carboxylic acids is 2. The lowest BCUT2D eigenvalue weighted by Gasteiger charge is -2.49. The Morgan fingerprint density at radius 3 is 1.62 bits per heavy atom. The zero-order valence-electron chi connectivity index (χ0n) is 15.2. The van der Waals surface area contributed by atoms with Gasteiger partial charge < -0.3 is 4.74 Å². The highest BCUT2D eigenvalue weighted by Crippen LogP contribution is 2.58. The predicted molar refractivity (Wildman–Crippen MR) is 98.0 cm³/mol. The van der Waals surface area contributed by atoms with Gasteiger partial charge in [0, 0.05) is 5.41 Å². The summed E-state index contributed by atoms with van der Waals surface area (Å²) in [5.74, 6) is -0.113. The van der Waals surface area contributed by atoms with E-state index >= 15 is 0 Å². The van der Waals surface area contributed by atoms with Crippen molar-refractivity contribution in [1.82, 2.24) is 0 Å². The highest BCUT2D eigenvalue weighted by molar-refractivity contribution is 6.64. The fourth-order valence-electron chi connectivity index (χ4n) is 3.54. The molecule has 0 saturated heterocycles. The molecule has 1 aromatic carbocycles. The van der Waals surface area contributed by atoms with Crippen molar-refractivity contribution in [3.05, 3.63) is 35.9 Å². The molecule has 3 fully saturated rings. The van der Waals surface area contributed by atoms with Crippen LogP contribution in [0.1, 0.15) is 57.9 Å². The van der Waals surface area contributed by atoms with Gasteiger partial charge in [-0.2, -0.15) is 0 Å². The molecular weight excluding hydrogens is 324 g/mol. The van der Waals surface area contributed by atoms with Crippen molar-refractivity contribution in [2.24, 2.45) is 10.8 Å². The average Bonchev–Trinajstić information content (AvgIpc) is 2.65. The van der Waals surface area contributed by atoms with Crippen molar-refractivity contribution in [2.45, 2.75) is 59.3 Å².